The molecule has 1 aromatic heterocycles. The molecule has 1 aliphatic carbocycles. The molecule has 4 heteroatoms. The van der Waals surface area contributed by atoms with Gasteiger partial charge in [0.1, 0.15) is 0 Å². The SMILES string of the molecule is CN[C@@H]1CCC[C@@H]1c1nc(C(C)C)no1. The van der Waals surface area contributed by atoms with Gasteiger partial charge in [-0.2, -0.15) is 4.98 Å². The highest BCUT2D eigenvalue weighted by Crippen LogP contribution is 2.33. The van der Waals surface area contributed by atoms with Crippen LogP contribution in [0.25, 0.3) is 0 Å². The molecule has 1 heterocycles. The van der Waals surface area contributed by atoms with Gasteiger partial charge in [0.05, 0.1) is 5.92 Å². The van der Waals surface area contributed by atoms with Crippen LogP contribution in [-0.2, 0) is 0 Å². The molecule has 1 aromatic rings. The molecule has 2 rings (SSSR count). The zero-order valence-corrected chi connectivity index (χ0v) is 9.66. The fourth-order valence-electron chi connectivity index (χ4n) is 2.23. The van der Waals surface area contributed by atoms with E-state index in [0.717, 1.165) is 18.1 Å². The molecular formula is C11H19N3O. The minimum Gasteiger partial charge on any atom is -0.339 e. The summed E-state index contributed by atoms with van der Waals surface area (Å²) in [6.45, 7) is 4.16. The largest absolute Gasteiger partial charge is 0.339 e. The third-order valence-corrected chi connectivity index (χ3v) is 3.18. The van der Waals surface area contributed by atoms with Crippen LogP contribution in [0.1, 0.15) is 56.7 Å². The lowest BCUT2D eigenvalue weighted by atomic mass is 10.0. The van der Waals surface area contributed by atoms with Crippen LogP contribution in [0.3, 0.4) is 0 Å². The second-order valence-electron chi connectivity index (χ2n) is 4.58. The number of nitrogens with zero attached hydrogens (tertiary/aromatic N) is 2. The van der Waals surface area contributed by atoms with Crippen molar-refractivity contribution in [2.45, 2.75) is 51.0 Å². The van der Waals surface area contributed by atoms with Gasteiger partial charge in [0.25, 0.3) is 0 Å². The lowest BCUT2D eigenvalue weighted by molar-refractivity contribution is 0.331. The van der Waals surface area contributed by atoms with Crippen molar-refractivity contribution >= 4 is 0 Å². The van der Waals surface area contributed by atoms with E-state index in [0.29, 0.717) is 17.9 Å². The van der Waals surface area contributed by atoms with E-state index in [1.807, 2.05) is 7.05 Å². The van der Waals surface area contributed by atoms with Crippen molar-refractivity contribution in [3.63, 3.8) is 0 Å². The Hall–Kier alpha value is -0.900. The van der Waals surface area contributed by atoms with Crippen LogP contribution < -0.4 is 5.32 Å². The van der Waals surface area contributed by atoms with Crippen molar-refractivity contribution in [2.24, 2.45) is 0 Å². The second kappa shape index (κ2) is 4.31. The summed E-state index contributed by atoms with van der Waals surface area (Å²) in [7, 11) is 2.00. The Bertz CT molecular complexity index is 321. The minimum absolute atomic E-state index is 0.344. The highest BCUT2D eigenvalue weighted by atomic mass is 16.5. The van der Waals surface area contributed by atoms with Gasteiger partial charge in [0.15, 0.2) is 5.82 Å². The van der Waals surface area contributed by atoms with Gasteiger partial charge in [-0.3, -0.25) is 0 Å². The first-order valence-electron chi connectivity index (χ1n) is 5.73. The van der Waals surface area contributed by atoms with Gasteiger partial charge in [0.2, 0.25) is 5.89 Å². The van der Waals surface area contributed by atoms with Crippen molar-refractivity contribution in [2.75, 3.05) is 7.05 Å². The third kappa shape index (κ3) is 2.04. The summed E-state index contributed by atoms with van der Waals surface area (Å²) in [5.74, 6) is 2.40. The molecule has 1 aliphatic rings. The van der Waals surface area contributed by atoms with Gasteiger partial charge in [0, 0.05) is 12.0 Å². The molecule has 0 spiro atoms. The summed E-state index contributed by atoms with van der Waals surface area (Å²) in [5.41, 5.74) is 0. The number of aromatic nitrogens is 2. The Morgan fingerprint density at radius 2 is 2.20 bits per heavy atom. The van der Waals surface area contributed by atoms with E-state index >= 15 is 0 Å². The number of hydrogen-bond donors (Lipinski definition) is 1. The lowest BCUT2D eigenvalue weighted by Gasteiger charge is -2.14. The van der Waals surface area contributed by atoms with E-state index in [4.69, 9.17) is 4.52 Å². The Kier molecular flexibility index (Phi) is 3.05. The molecule has 1 saturated carbocycles. The zero-order valence-electron chi connectivity index (χ0n) is 9.66. The normalized spacial score (nSPS) is 26.4. The first kappa shape index (κ1) is 10.6. The number of hydrogen-bond acceptors (Lipinski definition) is 4. The second-order valence-corrected chi connectivity index (χ2v) is 4.58. The smallest absolute Gasteiger partial charge is 0.231 e. The Balaban J connectivity index is 2.14. The van der Waals surface area contributed by atoms with Crippen LogP contribution in [0.5, 0.6) is 0 Å². The fourth-order valence-corrected chi connectivity index (χ4v) is 2.23. The van der Waals surface area contributed by atoms with Crippen LogP contribution in [0.4, 0.5) is 0 Å². The van der Waals surface area contributed by atoms with Gasteiger partial charge in [-0.05, 0) is 19.9 Å². The Morgan fingerprint density at radius 3 is 2.80 bits per heavy atom. The highest BCUT2D eigenvalue weighted by molar-refractivity contribution is 5.03. The van der Waals surface area contributed by atoms with E-state index in [9.17, 15) is 0 Å². The van der Waals surface area contributed by atoms with Crippen LogP contribution in [0.2, 0.25) is 0 Å². The highest BCUT2D eigenvalue weighted by Gasteiger charge is 2.31. The molecule has 0 aromatic carbocycles. The molecule has 2 atom stereocenters. The fraction of sp³-hybridized carbons (Fsp3) is 0.818. The standard InChI is InChI=1S/C11H19N3O/c1-7(2)10-13-11(15-14-10)8-5-4-6-9(8)12-3/h7-9,12H,4-6H2,1-3H3/t8-,9+/m0/s1. The first-order chi connectivity index (χ1) is 7.22. The molecule has 0 amide bonds. The van der Waals surface area contributed by atoms with Crippen molar-refractivity contribution < 1.29 is 4.52 Å². The Morgan fingerprint density at radius 1 is 1.40 bits per heavy atom. The van der Waals surface area contributed by atoms with E-state index in [-0.39, 0.29) is 0 Å². The molecule has 0 unspecified atom stereocenters. The molecule has 84 valence electrons. The summed E-state index contributed by atoms with van der Waals surface area (Å²) < 4.78 is 5.34. The monoisotopic (exact) mass is 209 g/mol. The average Bonchev–Trinajstić information content (AvgIpc) is 2.85. The van der Waals surface area contributed by atoms with Crippen LogP contribution in [-0.4, -0.2) is 23.2 Å². The van der Waals surface area contributed by atoms with Gasteiger partial charge >= 0.3 is 0 Å². The van der Waals surface area contributed by atoms with E-state index < -0.39 is 0 Å². The molecule has 4 nitrogen and oxygen atoms in total. The quantitative estimate of drug-likeness (QED) is 0.827. The molecule has 0 bridgehead atoms. The van der Waals surface area contributed by atoms with Crippen molar-refractivity contribution in [1.82, 2.24) is 15.5 Å². The van der Waals surface area contributed by atoms with Gasteiger partial charge in [-0.15, -0.1) is 0 Å². The van der Waals surface area contributed by atoms with Gasteiger partial charge in [-0.25, -0.2) is 0 Å². The summed E-state index contributed by atoms with van der Waals surface area (Å²) in [6, 6.07) is 0.505. The molecule has 0 aliphatic heterocycles. The summed E-state index contributed by atoms with van der Waals surface area (Å²) >= 11 is 0. The molecule has 1 N–H and O–H groups in total. The van der Waals surface area contributed by atoms with Crippen LogP contribution in [0.15, 0.2) is 4.52 Å². The summed E-state index contributed by atoms with van der Waals surface area (Å²) in [4.78, 5) is 4.47. The van der Waals surface area contributed by atoms with E-state index in [1.165, 1.54) is 12.8 Å². The average molecular weight is 209 g/mol. The molecular weight excluding hydrogens is 190 g/mol. The molecule has 1 fully saturated rings. The number of rotatable bonds is 3. The first-order valence-corrected chi connectivity index (χ1v) is 5.73. The summed E-state index contributed by atoms with van der Waals surface area (Å²) in [5, 5.41) is 7.34. The molecule has 0 saturated heterocycles. The van der Waals surface area contributed by atoms with Crippen LogP contribution >= 0.6 is 0 Å². The maximum atomic E-state index is 5.34. The van der Waals surface area contributed by atoms with Gasteiger partial charge in [-0.1, -0.05) is 25.4 Å². The van der Waals surface area contributed by atoms with Crippen molar-refractivity contribution in [3.05, 3.63) is 11.7 Å². The summed E-state index contributed by atoms with van der Waals surface area (Å²) in [6.07, 6.45) is 3.61. The van der Waals surface area contributed by atoms with E-state index in [2.05, 4.69) is 29.3 Å². The Labute approximate surface area is 90.4 Å². The van der Waals surface area contributed by atoms with Crippen LogP contribution in [0, 0.1) is 0 Å². The van der Waals surface area contributed by atoms with Crippen molar-refractivity contribution in [3.8, 4) is 0 Å². The number of nitrogens with one attached hydrogen (secondary N) is 1. The zero-order chi connectivity index (χ0) is 10.8. The maximum Gasteiger partial charge on any atom is 0.231 e. The number of likely N-dealkylation sites (N-methyl/N-ethyl adjacent to an activating group) is 1. The topological polar surface area (TPSA) is 51.0 Å². The van der Waals surface area contributed by atoms with Gasteiger partial charge < -0.3 is 9.84 Å². The third-order valence-electron chi connectivity index (χ3n) is 3.18. The minimum atomic E-state index is 0.344. The van der Waals surface area contributed by atoms with E-state index in [1.54, 1.807) is 0 Å². The van der Waals surface area contributed by atoms with Crippen molar-refractivity contribution in [1.29, 1.82) is 0 Å². The maximum absolute atomic E-state index is 5.34. The lowest BCUT2D eigenvalue weighted by Crippen LogP contribution is -2.27. The predicted molar refractivity (Wildman–Crippen MR) is 57.8 cm³/mol. The molecule has 0 radical (unpaired) electrons. The molecule has 15 heavy (non-hydrogen) atoms. The predicted octanol–water partition coefficient (Wildman–Crippen LogP) is 2.05.